The summed E-state index contributed by atoms with van der Waals surface area (Å²) in [6.07, 6.45) is 36.0. The van der Waals surface area contributed by atoms with E-state index in [1.165, 1.54) is 122 Å². The summed E-state index contributed by atoms with van der Waals surface area (Å²) in [4.78, 5) is 21.6. The van der Waals surface area contributed by atoms with Crippen molar-refractivity contribution in [1.29, 1.82) is 0 Å². The second-order valence-electron chi connectivity index (χ2n) is 10.4. The van der Waals surface area contributed by atoms with Crippen LogP contribution in [0.2, 0.25) is 0 Å². The van der Waals surface area contributed by atoms with Gasteiger partial charge in [0.15, 0.2) is 0 Å². The highest BCUT2D eigenvalue weighted by Crippen LogP contribution is 2.61. The Kier molecular flexibility index (Phi) is 28.7. The van der Waals surface area contributed by atoms with E-state index in [2.05, 4.69) is 27.7 Å². The van der Waals surface area contributed by atoms with Crippen molar-refractivity contribution in [3.05, 3.63) is 0 Å². The minimum atomic E-state index is -4.64. The standard InChI is InChI=1S/C28H60P.H3O4P/c1-5-9-13-14-15-16-17-18-19-20-21-22-23-24-28-29(25-10-6-2,26-11-7-3)27-12-8-4;1-5(2,3)4/h5-28H2,1-4H3;(H3,1,2,3,4)/q+1;. The van der Waals surface area contributed by atoms with Crippen molar-refractivity contribution in [2.24, 2.45) is 0 Å². The van der Waals surface area contributed by atoms with Crippen molar-refractivity contribution in [3.8, 4) is 0 Å². The van der Waals surface area contributed by atoms with Crippen LogP contribution >= 0.6 is 15.1 Å². The summed E-state index contributed by atoms with van der Waals surface area (Å²) in [6.45, 7) is 9.48. The first-order valence-electron chi connectivity index (χ1n) is 14.9. The fraction of sp³-hybridized carbons (Fsp3) is 1.00. The Hall–Kier alpha value is 0.540. The molecular formula is C28H63O4P2+. The van der Waals surface area contributed by atoms with Crippen molar-refractivity contribution in [2.75, 3.05) is 24.6 Å². The van der Waals surface area contributed by atoms with Gasteiger partial charge in [-0.1, -0.05) is 124 Å². The van der Waals surface area contributed by atoms with Gasteiger partial charge in [0.1, 0.15) is 0 Å². The fourth-order valence-corrected chi connectivity index (χ4v) is 9.99. The minimum absolute atomic E-state index is 0.630. The van der Waals surface area contributed by atoms with Crippen LogP contribution in [0.3, 0.4) is 0 Å². The zero-order chi connectivity index (χ0) is 26.0. The monoisotopic (exact) mass is 525 g/mol. The van der Waals surface area contributed by atoms with Crippen molar-refractivity contribution in [3.63, 3.8) is 0 Å². The number of unbranched alkanes of at least 4 members (excludes halogenated alkanes) is 16. The smallest absolute Gasteiger partial charge is 0.303 e. The van der Waals surface area contributed by atoms with E-state index < -0.39 is 15.1 Å². The van der Waals surface area contributed by atoms with Crippen LogP contribution in [0, 0.1) is 0 Å². The predicted octanol–water partition coefficient (Wildman–Crippen LogP) is 9.96. The Morgan fingerprint density at radius 1 is 0.412 bits per heavy atom. The molecule has 0 heterocycles. The Morgan fingerprint density at radius 3 is 0.882 bits per heavy atom. The van der Waals surface area contributed by atoms with Gasteiger partial charge in [0.25, 0.3) is 0 Å². The topological polar surface area (TPSA) is 77.8 Å². The molecule has 0 aliphatic heterocycles. The molecule has 0 amide bonds. The van der Waals surface area contributed by atoms with Gasteiger partial charge in [0, 0.05) is 7.26 Å². The van der Waals surface area contributed by atoms with E-state index >= 15 is 0 Å². The molecule has 0 fully saturated rings. The summed E-state index contributed by atoms with van der Waals surface area (Å²) in [5, 5.41) is 0. The molecule has 6 heteroatoms. The summed E-state index contributed by atoms with van der Waals surface area (Å²) < 4.78 is 8.88. The van der Waals surface area contributed by atoms with Gasteiger partial charge in [-0.2, -0.15) is 0 Å². The molecule has 0 unspecified atom stereocenters. The molecule has 0 bridgehead atoms. The molecule has 0 aliphatic carbocycles. The van der Waals surface area contributed by atoms with E-state index in [1.54, 1.807) is 31.1 Å². The van der Waals surface area contributed by atoms with E-state index in [4.69, 9.17) is 19.2 Å². The van der Waals surface area contributed by atoms with Crippen molar-refractivity contribution >= 4 is 15.1 Å². The third kappa shape index (κ3) is 30.6. The Balaban J connectivity index is 0. The van der Waals surface area contributed by atoms with E-state index in [0.717, 1.165) is 0 Å². The van der Waals surface area contributed by atoms with Crippen LogP contribution in [-0.2, 0) is 4.57 Å². The molecule has 3 N–H and O–H groups in total. The van der Waals surface area contributed by atoms with Gasteiger partial charge >= 0.3 is 7.82 Å². The Morgan fingerprint density at radius 2 is 0.618 bits per heavy atom. The van der Waals surface area contributed by atoms with Gasteiger partial charge in [0.05, 0.1) is 24.6 Å². The van der Waals surface area contributed by atoms with Crippen LogP contribution in [0.25, 0.3) is 0 Å². The summed E-state index contributed by atoms with van der Waals surface area (Å²) in [6, 6.07) is 0. The molecule has 34 heavy (non-hydrogen) atoms. The molecule has 0 radical (unpaired) electrons. The van der Waals surface area contributed by atoms with E-state index in [1.807, 2.05) is 0 Å². The average molecular weight is 526 g/mol. The second-order valence-corrected chi connectivity index (χ2v) is 15.9. The number of phosphoric acid groups is 1. The van der Waals surface area contributed by atoms with Crippen molar-refractivity contribution in [1.82, 2.24) is 0 Å². The molecule has 0 aliphatic rings. The molecule has 0 rings (SSSR count). The SMILES string of the molecule is CCCCCCCCCCCCCCCC[P+](CCCC)(CCCC)CCCC.O=P(O)(O)O. The Labute approximate surface area is 215 Å². The lowest BCUT2D eigenvalue weighted by atomic mass is 10.0. The maximum atomic E-state index is 8.88. The van der Waals surface area contributed by atoms with Gasteiger partial charge in [-0.15, -0.1) is 0 Å². The lowest BCUT2D eigenvalue weighted by Crippen LogP contribution is -2.13. The van der Waals surface area contributed by atoms with Gasteiger partial charge in [0.2, 0.25) is 0 Å². The number of rotatable bonds is 24. The third-order valence-corrected chi connectivity index (χ3v) is 12.0. The van der Waals surface area contributed by atoms with E-state index in [0.29, 0.717) is 0 Å². The number of hydrogen-bond acceptors (Lipinski definition) is 1. The van der Waals surface area contributed by atoms with Gasteiger partial charge in [-0.05, 0) is 32.1 Å². The molecule has 0 saturated carbocycles. The molecule has 0 saturated heterocycles. The maximum Gasteiger partial charge on any atom is 0.466 e. The van der Waals surface area contributed by atoms with Crippen molar-refractivity contribution < 1.29 is 19.2 Å². The minimum Gasteiger partial charge on any atom is -0.303 e. The molecular weight excluding hydrogens is 462 g/mol. The molecule has 0 spiro atoms. The Bertz CT molecular complexity index is 410. The summed E-state index contributed by atoms with van der Waals surface area (Å²) >= 11 is 0. The summed E-state index contributed by atoms with van der Waals surface area (Å²) in [7, 11) is -5.27. The van der Waals surface area contributed by atoms with Crippen molar-refractivity contribution in [2.45, 2.75) is 156 Å². The summed E-state index contributed by atoms with van der Waals surface area (Å²) in [5.74, 6) is 0. The molecule has 4 nitrogen and oxygen atoms in total. The predicted molar refractivity (Wildman–Crippen MR) is 156 cm³/mol. The maximum absolute atomic E-state index is 8.88. The van der Waals surface area contributed by atoms with E-state index in [9.17, 15) is 0 Å². The van der Waals surface area contributed by atoms with Gasteiger partial charge in [-0.3, -0.25) is 0 Å². The summed E-state index contributed by atoms with van der Waals surface area (Å²) in [5.41, 5.74) is 0. The lowest BCUT2D eigenvalue weighted by molar-refractivity contribution is 0.275. The van der Waals surface area contributed by atoms with Crippen LogP contribution in [-0.4, -0.2) is 39.3 Å². The van der Waals surface area contributed by atoms with Crippen LogP contribution in [0.4, 0.5) is 0 Å². The normalized spacial score (nSPS) is 12.0. The molecule has 0 aromatic carbocycles. The molecule has 0 atom stereocenters. The van der Waals surface area contributed by atoms with Crippen LogP contribution in [0.5, 0.6) is 0 Å². The van der Waals surface area contributed by atoms with Crippen LogP contribution in [0.1, 0.15) is 156 Å². The zero-order valence-corrected chi connectivity index (χ0v) is 25.4. The van der Waals surface area contributed by atoms with Crippen LogP contribution in [0.15, 0.2) is 0 Å². The highest BCUT2D eigenvalue weighted by atomic mass is 31.2. The first-order chi connectivity index (χ1) is 16.2. The lowest BCUT2D eigenvalue weighted by Gasteiger charge is -2.28. The molecule has 0 aromatic heterocycles. The number of hydrogen-bond donors (Lipinski definition) is 3. The first-order valence-corrected chi connectivity index (χ1v) is 19.0. The average Bonchev–Trinajstić information content (AvgIpc) is 2.78. The first kappa shape index (κ1) is 36.7. The fourth-order valence-electron chi connectivity index (χ4n) is 4.79. The third-order valence-electron chi connectivity index (χ3n) is 6.94. The van der Waals surface area contributed by atoms with Crippen LogP contribution < -0.4 is 0 Å². The highest BCUT2D eigenvalue weighted by Gasteiger charge is 2.34. The zero-order valence-electron chi connectivity index (χ0n) is 23.6. The second kappa shape index (κ2) is 26.6. The molecule has 0 aromatic rings. The quantitative estimate of drug-likeness (QED) is 0.0865. The largest absolute Gasteiger partial charge is 0.466 e. The molecule has 208 valence electrons. The highest BCUT2D eigenvalue weighted by molar-refractivity contribution is 7.75. The van der Waals surface area contributed by atoms with Gasteiger partial charge in [-0.25, -0.2) is 4.57 Å². The van der Waals surface area contributed by atoms with E-state index in [-0.39, 0.29) is 0 Å². The van der Waals surface area contributed by atoms with Gasteiger partial charge < -0.3 is 14.7 Å².